The lowest BCUT2D eigenvalue weighted by Gasteiger charge is -2.22. The Kier molecular flexibility index (Phi) is 4.64. The van der Waals surface area contributed by atoms with Gasteiger partial charge in [0.15, 0.2) is 0 Å². The molecule has 22 heavy (non-hydrogen) atoms. The van der Waals surface area contributed by atoms with Crippen LogP contribution in [-0.2, 0) is 16.2 Å². The van der Waals surface area contributed by atoms with Crippen molar-refractivity contribution in [2.24, 2.45) is 21.6 Å². The van der Waals surface area contributed by atoms with E-state index in [2.05, 4.69) is 10.3 Å². The van der Waals surface area contributed by atoms with Crippen molar-refractivity contribution in [2.45, 2.75) is 34.3 Å². The van der Waals surface area contributed by atoms with Crippen LogP contribution >= 0.6 is 0 Å². The topological polar surface area (TPSA) is 54.3 Å². The summed E-state index contributed by atoms with van der Waals surface area (Å²) in [6.45, 7) is 8.33. The van der Waals surface area contributed by atoms with Crippen LogP contribution in [-0.4, -0.2) is 29.4 Å². The zero-order valence-corrected chi connectivity index (χ0v) is 13.8. The van der Waals surface area contributed by atoms with E-state index in [4.69, 9.17) is 4.84 Å². The van der Waals surface area contributed by atoms with Crippen molar-refractivity contribution in [1.82, 2.24) is 5.01 Å². The molecular formula is C17H23N3O2. The maximum atomic E-state index is 12.3. The minimum atomic E-state index is -0.430. The summed E-state index contributed by atoms with van der Waals surface area (Å²) in [6.07, 6.45) is 0. The molecule has 0 aliphatic carbocycles. The molecule has 118 valence electrons. The zero-order chi connectivity index (χ0) is 16.3. The van der Waals surface area contributed by atoms with Crippen LogP contribution in [0.15, 0.2) is 40.6 Å². The van der Waals surface area contributed by atoms with Crippen molar-refractivity contribution in [2.75, 3.05) is 7.05 Å². The number of rotatable bonds is 4. The Balaban J connectivity index is 2.10. The van der Waals surface area contributed by atoms with E-state index in [9.17, 15) is 4.79 Å². The normalized spacial score (nSPS) is 19.4. The molecule has 5 nitrogen and oxygen atoms in total. The van der Waals surface area contributed by atoms with Crippen molar-refractivity contribution < 1.29 is 9.63 Å². The quantitative estimate of drug-likeness (QED) is 0.634. The molecule has 1 heterocycles. The smallest absolute Gasteiger partial charge is 0.257 e. The third kappa shape index (κ3) is 3.53. The van der Waals surface area contributed by atoms with Gasteiger partial charge in [-0.05, 0) is 12.5 Å². The van der Waals surface area contributed by atoms with E-state index in [1.54, 1.807) is 7.05 Å². The van der Waals surface area contributed by atoms with E-state index >= 15 is 0 Å². The van der Waals surface area contributed by atoms with Gasteiger partial charge in [-0.2, -0.15) is 5.10 Å². The number of oxime groups is 1. The van der Waals surface area contributed by atoms with Gasteiger partial charge in [-0.1, -0.05) is 56.3 Å². The molecule has 1 amide bonds. The first-order chi connectivity index (χ1) is 10.3. The lowest BCUT2D eigenvalue weighted by molar-refractivity contribution is -0.129. The Labute approximate surface area is 131 Å². The van der Waals surface area contributed by atoms with E-state index in [-0.39, 0.29) is 11.3 Å². The summed E-state index contributed by atoms with van der Waals surface area (Å²) in [5.41, 5.74) is 2.31. The maximum Gasteiger partial charge on any atom is 0.257 e. The first kappa shape index (κ1) is 16.2. The average molecular weight is 301 g/mol. The first-order valence-electron chi connectivity index (χ1n) is 7.37. The van der Waals surface area contributed by atoms with Gasteiger partial charge in [-0.25, -0.2) is 5.01 Å². The molecule has 0 N–H and O–H groups in total. The number of benzene rings is 1. The van der Waals surface area contributed by atoms with Gasteiger partial charge in [-0.3, -0.25) is 4.79 Å². The summed E-state index contributed by atoms with van der Waals surface area (Å²) >= 11 is 0. The van der Waals surface area contributed by atoms with Crippen LogP contribution in [0, 0.1) is 11.3 Å². The van der Waals surface area contributed by atoms with Crippen LogP contribution in [0.25, 0.3) is 0 Å². The van der Waals surface area contributed by atoms with E-state index in [1.807, 2.05) is 58.0 Å². The lowest BCUT2D eigenvalue weighted by Crippen LogP contribution is -2.35. The largest absolute Gasteiger partial charge is 0.391 e. The van der Waals surface area contributed by atoms with Crippen LogP contribution in [0.4, 0.5) is 0 Å². The molecule has 5 heteroatoms. The number of hydrogen-bond donors (Lipinski definition) is 0. The van der Waals surface area contributed by atoms with Gasteiger partial charge >= 0.3 is 0 Å². The molecule has 1 aromatic rings. The fourth-order valence-electron chi connectivity index (χ4n) is 2.37. The molecule has 1 aromatic carbocycles. The van der Waals surface area contributed by atoms with Crippen LogP contribution in [0.2, 0.25) is 0 Å². The highest BCUT2D eigenvalue weighted by molar-refractivity contribution is 6.24. The fraction of sp³-hybridized carbons (Fsp3) is 0.471. The van der Waals surface area contributed by atoms with E-state index in [0.29, 0.717) is 12.3 Å². The number of amides is 1. The molecule has 0 saturated carbocycles. The molecule has 0 radical (unpaired) electrons. The first-order valence-corrected chi connectivity index (χ1v) is 7.37. The minimum absolute atomic E-state index is 0.0607. The molecule has 2 rings (SSSR count). The molecule has 0 fully saturated rings. The summed E-state index contributed by atoms with van der Waals surface area (Å²) in [7, 11) is 1.67. The Hall–Kier alpha value is -2.17. The third-order valence-electron chi connectivity index (χ3n) is 3.57. The van der Waals surface area contributed by atoms with Crippen molar-refractivity contribution in [3.05, 3.63) is 35.9 Å². The predicted octanol–water partition coefficient (Wildman–Crippen LogP) is 3.07. The number of carbonyl (C=O) groups excluding carboxylic acids is 1. The van der Waals surface area contributed by atoms with Gasteiger partial charge in [0.25, 0.3) is 5.91 Å². The Morgan fingerprint density at radius 1 is 1.32 bits per heavy atom. The maximum absolute atomic E-state index is 12.3. The number of nitrogens with zero attached hydrogens (tertiary/aromatic N) is 3. The zero-order valence-electron chi connectivity index (χ0n) is 13.8. The van der Waals surface area contributed by atoms with Crippen LogP contribution in [0.5, 0.6) is 0 Å². The monoisotopic (exact) mass is 301 g/mol. The van der Waals surface area contributed by atoms with Crippen LogP contribution < -0.4 is 0 Å². The minimum Gasteiger partial charge on any atom is -0.391 e. The van der Waals surface area contributed by atoms with Crippen molar-refractivity contribution in [1.29, 1.82) is 0 Å². The highest BCUT2D eigenvalue weighted by atomic mass is 16.6. The predicted molar refractivity (Wildman–Crippen MR) is 87.5 cm³/mol. The molecule has 1 aliphatic rings. The number of carbonyl (C=O) groups is 1. The van der Waals surface area contributed by atoms with Crippen molar-refractivity contribution in [3.63, 3.8) is 0 Å². The molecular weight excluding hydrogens is 278 g/mol. The standard InChI is InChI=1S/C17H23N3O2/c1-12(19-22-11-13-9-7-6-8-10-13)14-15(17(2,3)4)18-20(5)16(14)21/h6-10,14H,11H2,1-5H3. The Morgan fingerprint density at radius 2 is 1.95 bits per heavy atom. The van der Waals surface area contributed by atoms with Gasteiger partial charge in [-0.15, -0.1) is 0 Å². The summed E-state index contributed by atoms with van der Waals surface area (Å²) in [6, 6.07) is 9.81. The summed E-state index contributed by atoms with van der Waals surface area (Å²) in [5, 5.41) is 9.90. The third-order valence-corrected chi connectivity index (χ3v) is 3.57. The van der Waals surface area contributed by atoms with Crippen LogP contribution in [0.1, 0.15) is 33.3 Å². The molecule has 0 aromatic heterocycles. The summed E-state index contributed by atoms with van der Waals surface area (Å²) in [5.74, 6) is -0.491. The highest BCUT2D eigenvalue weighted by Crippen LogP contribution is 2.29. The highest BCUT2D eigenvalue weighted by Gasteiger charge is 2.41. The molecule has 0 bridgehead atoms. The fourth-order valence-corrected chi connectivity index (χ4v) is 2.37. The lowest BCUT2D eigenvalue weighted by atomic mass is 9.80. The summed E-state index contributed by atoms with van der Waals surface area (Å²) in [4.78, 5) is 17.7. The SMILES string of the molecule is CC(=NOCc1ccccc1)C1C(=O)N(C)N=C1C(C)(C)C. The molecule has 1 unspecified atom stereocenters. The van der Waals surface area contributed by atoms with E-state index in [0.717, 1.165) is 11.3 Å². The van der Waals surface area contributed by atoms with Gasteiger partial charge in [0.2, 0.25) is 0 Å². The number of hydrogen-bond acceptors (Lipinski definition) is 4. The molecule has 0 spiro atoms. The van der Waals surface area contributed by atoms with Crippen molar-refractivity contribution in [3.8, 4) is 0 Å². The van der Waals surface area contributed by atoms with Crippen molar-refractivity contribution >= 4 is 17.3 Å². The van der Waals surface area contributed by atoms with Crippen LogP contribution in [0.3, 0.4) is 0 Å². The number of hydrazone groups is 1. The Bertz CT molecular complexity index is 600. The van der Waals surface area contributed by atoms with Gasteiger partial charge < -0.3 is 4.84 Å². The Morgan fingerprint density at radius 3 is 2.55 bits per heavy atom. The second kappa shape index (κ2) is 6.30. The van der Waals surface area contributed by atoms with Gasteiger partial charge in [0, 0.05) is 12.5 Å². The second-order valence-corrected chi connectivity index (χ2v) is 6.52. The summed E-state index contributed by atoms with van der Waals surface area (Å²) < 4.78 is 0. The molecule has 1 aliphatic heterocycles. The van der Waals surface area contributed by atoms with E-state index in [1.165, 1.54) is 5.01 Å². The second-order valence-electron chi connectivity index (χ2n) is 6.52. The molecule has 1 atom stereocenters. The average Bonchev–Trinajstić information content (AvgIpc) is 2.76. The van der Waals surface area contributed by atoms with Gasteiger partial charge in [0.1, 0.15) is 12.5 Å². The molecule has 0 saturated heterocycles. The van der Waals surface area contributed by atoms with E-state index < -0.39 is 5.92 Å². The van der Waals surface area contributed by atoms with Gasteiger partial charge in [0.05, 0.1) is 11.4 Å².